The Morgan fingerprint density at radius 3 is 2.00 bits per heavy atom. The minimum atomic E-state index is 0.311. The Labute approximate surface area is 124 Å². The molecule has 0 amide bonds. The molecule has 0 heterocycles. The predicted molar refractivity (Wildman–Crippen MR) is 87.4 cm³/mol. The fourth-order valence-electron chi connectivity index (χ4n) is 2.62. The zero-order chi connectivity index (χ0) is 14.6. The van der Waals surface area contributed by atoms with E-state index in [1.54, 1.807) is 0 Å². The summed E-state index contributed by atoms with van der Waals surface area (Å²) < 4.78 is 0. The van der Waals surface area contributed by atoms with Crippen LogP contribution in [-0.4, -0.2) is 5.78 Å². The Morgan fingerprint density at radius 2 is 1.40 bits per heavy atom. The van der Waals surface area contributed by atoms with Crippen molar-refractivity contribution in [1.82, 2.24) is 0 Å². The van der Waals surface area contributed by atoms with Crippen molar-refractivity contribution < 1.29 is 4.79 Å². The minimum Gasteiger partial charge on any atom is -0.294 e. The van der Waals surface area contributed by atoms with E-state index in [2.05, 4.69) is 6.92 Å². The molecular formula is C19H30O. The molecule has 0 aliphatic carbocycles. The summed E-state index contributed by atoms with van der Waals surface area (Å²) in [6, 6.07) is 7.91. The molecule has 0 bridgehead atoms. The maximum absolute atomic E-state index is 12.1. The van der Waals surface area contributed by atoms with E-state index in [0.717, 1.165) is 17.5 Å². The second kappa shape index (κ2) is 10.7. The molecule has 0 aromatic heterocycles. The van der Waals surface area contributed by atoms with E-state index in [1.165, 1.54) is 51.4 Å². The van der Waals surface area contributed by atoms with Crippen molar-refractivity contribution in [3.63, 3.8) is 0 Å². The SMILES string of the molecule is CCCCCCCCCCCC(=O)c1ccccc1C. The summed E-state index contributed by atoms with van der Waals surface area (Å²) >= 11 is 0. The van der Waals surface area contributed by atoms with Crippen molar-refractivity contribution in [3.05, 3.63) is 35.4 Å². The van der Waals surface area contributed by atoms with Gasteiger partial charge in [-0.05, 0) is 18.9 Å². The number of carbonyl (C=O) groups excluding carboxylic acids is 1. The number of hydrogen-bond donors (Lipinski definition) is 0. The second-order valence-corrected chi connectivity index (χ2v) is 5.82. The maximum Gasteiger partial charge on any atom is 0.163 e. The van der Waals surface area contributed by atoms with E-state index in [4.69, 9.17) is 0 Å². The lowest BCUT2D eigenvalue weighted by molar-refractivity contribution is 0.0978. The molecule has 1 rings (SSSR count). The Hall–Kier alpha value is -1.11. The Balaban J connectivity index is 2.04. The zero-order valence-corrected chi connectivity index (χ0v) is 13.3. The van der Waals surface area contributed by atoms with Crippen LogP contribution in [-0.2, 0) is 0 Å². The predicted octanol–water partition coefficient (Wildman–Crippen LogP) is 6.10. The summed E-state index contributed by atoms with van der Waals surface area (Å²) in [6.07, 6.45) is 12.4. The van der Waals surface area contributed by atoms with Crippen molar-refractivity contribution in [2.75, 3.05) is 0 Å². The van der Waals surface area contributed by atoms with Crippen LogP contribution in [0.1, 0.15) is 87.1 Å². The van der Waals surface area contributed by atoms with Crippen LogP contribution in [0.2, 0.25) is 0 Å². The number of ketones is 1. The van der Waals surface area contributed by atoms with Gasteiger partial charge in [0.1, 0.15) is 0 Å². The largest absolute Gasteiger partial charge is 0.294 e. The number of hydrogen-bond acceptors (Lipinski definition) is 1. The lowest BCUT2D eigenvalue weighted by Crippen LogP contribution is -2.01. The van der Waals surface area contributed by atoms with Crippen LogP contribution in [0.5, 0.6) is 0 Å². The van der Waals surface area contributed by atoms with Crippen molar-refractivity contribution in [3.8, 4) is 0 Å². The normalized spacial score (nSPS) is 10.7. The number of aryl methyl sites for hydroxylation is 1. The average molecular weight is 274 g/mol. The van der Waals surface area contributed by atoms with Crippen LogP contribution >= 0.6 is 0 Å². The summed E-state index contributed by atoms with van der Waals surface area (Å²) in [6.45, 7) is 4.27. The number of Topliss-reactive ketones (excluding diaryl/α,β-unsaturated/α-hetero) is 1. The Morgan fingerprint density at radius 1 is 0.850 bits per heavy atom. The van der Waals surface area contributed by atoms with Crippen molar-refractivity contribution in [2.24, 2.45) is 0 Å². The van der Waals surface area contributed by atoms with Gasteiger partial charge < -0.3 is 0 Å². The monoisotopic (exact) mass is 274 g/mol. The first-order valence-electron chi connectivity index (χ1n) is 8.34. The summed E-state index contributed by atoms with van der Waals surface area (Å²) in [5.41, 5.74) is 2.01. The number of benzene rings is 1. The molecule has 0 radical (unpaired) electrons. The van der Waals surface area contributed by atoms with Gasteiger partial charge in [-0.15, -0.1) is 0 Å². The van der Waals surface area contributed by atoms with Gasteiger partial charge in [-0.2, -0.15) is 0 Å². The fourth-order valence-corrected chi connectivity index (χ4v) is 2.62. The highest BCUT2D eigenvalue weighted by atomic mass is 16.1. The molecule has 0 fully saturated rings. The van der Waals surface area contributed by atoms with Crippen LogP contribution in [0.4, 0.5) is 0 Å². The van der Waals surface area contributed by atoms with Crippen LogP contribution in [0.15, 0.2) is 24.3 Å². The third kappa shape index (κ3) is 6.88. The first kappa shape index (κ1) is 16.9. The minimum absolute atomic E-state index is 0.311. The molecule has 112 valence electrons. The molecule has 1 aromatic rings. The van der Waals surface area contributed by atoms with Crippen LogP contribution in [0, 0.1) is 6.92 Å². The third-order valence-electron chi connectivity index (χ3n) is 3.95. The number of carbonyl (C=O) groups is 1. The Kier molecular flexibility index (Phi) is 9.02. The quantitative estimate of drug-likeness (QED) is 0.352. The zero-order valence-electron chi connectivity index (χ0n) is 13.3. The van der Waals surface area contributed by atoms with Gasteiger partial charge in [0.2, 0.25) is 0 Å². The van der Waals surface area contributed by atoms with Crippen LogP contribution < -0.4 is 0 Å². The summed E-state index contributed by atoms with van der Waals surface area (Å²) in [5, 5.41) is 0. The standard InChI is InChI=1S/C19H30O/c1-3-4-5-6-7-8-9-10-11-16-19(20)18-15-13-12-14-17(18)2/h12-15H,3-11,16H2,1-2H3. The molecule has 0 saturated heterocycles. The molecule has 0 N–H and O–H groups in total. The van der Waals surface area contributed by atoms with Gasteiger partial charge in [0.15, 0.2) is 5.78 Å². The van der Waals surface area contributed by atoms with E-state index in [1.807, 2.05) is 31.2 Å². The lowest BCUT2D eigenvalue weighted by Gasteiger charge is -2.05. The van der Waals surface area contributed by atoms with Gasteiger partial charge in [-0.25, -0.2) is 0 Å². The smallest absolute Gasteiger partial charge is 0.163 e. The molecule has 0 aliphatic heterocycles. The highest BCUT2D eigenvalue weighted by Crippen LogP contribution is 2.14. The fraction of sp³-hybridized carbons (Fsp3) is 0.632. The molecule has 0 saturated carbocycles. The highest BCUT2D eigenvalue weighted by molar-refractivity contribution is 5.97. The van der Waals surface area contributed by atoms with E-state index in [0.29, 0.717) is 12.2 Å². The second-order valence-electron chi connectivity index (χ2n) is 5.82. The number of unbranched alkanes of at least 4 members (excludes halogenated alkanes) is 8. The lowest BCUT2D eigenvalue weighted by atomic mass is 10.00. The molecule has 20 heavy (non-hydrogen) atoms. The molecule has 1 aromatic carbocycles. The van der Waals surface area contributed by atoms with E-state index in [-0.39, 0.29) is 0 Å². The van der Waals surface area contributed by atoms with Gasteiger partial charge in [-0.3, -0.25) is 4.79 Å². The van der Waals surface area contributed by atoms with Gasteiger partial charge in [-0.1, -0.05) is 82.6 Å². The molecular weight excluding hydrogens is 244 g/mol. The number of rotatable bonds is 11. The van der Waals surface area contributed by atoms with Crippen LogP contribution in [0.3, 0.4) is 0 Å². The molecule has 0 atom stereocenters. The highest BCUT2D eigenvalue weighted by Gasteiger charge is 2.07. The van der Waals surface area contributed by atoms with E-state index < -0.39 is 0 Å². The van der Waals surface area contributed by atoms with Crippen LogP contribution in [0.25, 0.3) is 0 Å². The van der Waals surface area contributed by atoms with Crippen molar-refractivity contribution in [2.45, 2.75) is 78.1 Å². The summed E-state index contributed by atoms with van der Waals surface area (Å²) in [7, 11) is 0. The molecule has 0 unspecified atom stereocenters. The van der Waals surface area contributed by atoms with Crippen molar-refractivity contribution in [1.29, 1.82) is 0 Å². The topological polar surface area (TPSA) is 17.1 Å². The first-order chi connectivity index (χ1) is 9.75. The molecule has 1 nitrogen and oxygen atoms in total. The Bertz CT molecular complexity index is 381. The molecule has 0 spiro atoms. The van der Waals surface area contributed by atoms with Gasteiger partial charge in [0.05, 0.1) is 0 Å². The average Bonchev–Trinajstić information content (AvgIpc) is 2.46. The van der Waals surface area contributed by atoms with E-state index in [9.17, 15) is 4.79 Å². The third-order valence-corrected chi connectivity index (χ3v) is 3.95. The van der Waals surface area contributed by atoms with E-state index >= 15 is 0 Å². The molecule has 0 aliphatic rings. The summed E-state index contributed by atoms with van der Waals surface area (Å²) in [5.74, 6) is 0.311. The molecule has 1 heteroatoms. The first-order valence-corrected chi connectivity index (χ1v) is 8.34. The van der Waals surface area contributed by atoms with Gasteiger partial charge >= 0.3 is 0 Å². The van der Waals surface area contributed by atoms with Crippen molar-refractivity contribution >= 4 is 5.78 Å². The summed E-state index contributed by atoms with van der Waals surface area (Å²) in [4.78, 5) is 12.1. The maximum atomic E-state index is 12.1. The van der Waals surface area contributed by atoms with Gasteiger partial charge in [0.25, 0.3) is 0 Å². The van der Waals surface area contributed by atoms with Gasteiger partial charge in [0, 0.05) is 12.0 Å².